The van der Waals surface area contributed by atoms with E-state index in [1.165, 1.54) is 6.08 Å². The number of nitro groups is 1. The number of nitrogens with zero attached hydrogens (tertiary/aromatic N) is 2. The normalized spacial score (nSPS) is 10.2. The quantitative estimate of drug-likeness (QED) is 0.623. The summed E-state index contributed by atoms with van der Waals surface area (Å²) in [5.41, 5.74) is 0.475. The first-order valence-electron chi connectivity index (χ1n) is 4.47. The number of rotatable bonds is 4. The van der Waals surface area contributed by atoms with Gasteiger partial charge in [-0.2, -0.15) is 0 Å². The van der Waals surface area contributed by atoms with E-state index in [-0.39, 0.29) is 6.54 Å². The minimum absolute atomic E-state index is 0.0552. The Balaban J connectivity index is 2.77. The van der Waals surface area contributed by atoms with E-state index in [4.69, 9.17) is 5.11 Å². The van der Waals surface area contributed by atoms with Crippen molar-refractivity contribution >= 4 is 11.8 Å². The van der Waals surface area contributed by atoms with E-state index in [9.17, 15) is 14.9 Å². The maximum atomic E-state index is 10.9. The molecule has 0 unspecified atom stereocenters. The Bertz CT molecular complexity index is 403. The van der Waals surface area contributed by atoms with Gasteiger partial charge in [0.15, 0.2) is 0 Å². The van der Waals surface area contributed by atoms with Crippen molar-refractivity contribution in [2.24, 2.45) is 0 Å². The van der Waals surface area contributed by atoms with Gasteiger partial charge in [0.1, 0.15) is 0 Å². The fraction of sp³-hybridized carbons (Fsp3) is 0.100. The first kappa shape index (κ1) is 11.7. The molecule has 0 aliphatic carbocycles. The summed E-state index contributed by atoms with van der Waals surface area (Å²) in [6.45, 7) is -0.0552. The van der Waals surface area contributed by atoms with E-state index in [0.717, 1.165) is 11.1 Å². The number of carbonyl (C=O) groups is 1. The van der Waals surface area contributed by atoms with E-state index in [1.54, 1.807) is 30.3 Å². The first-order chi connectivity index (χ1) is 7.61. The standard InChI is InChI=1S/C10H10N2O4/c13-10(14)11(7-4-8-12(15)16)9-5-2-1-3-6-9/h1-6,8H,7H2,(H,13,14). The van der Waals surface area contributed by atoms with Crippen LogP contribution in [0, 0.1) is 10.1 Å². The fourth-order valence-electron chi connectivity index (χ4n) is 1.14. The molecule has 0 fully saturated rings. The van der Waals surface area contributed by atoms with Gasteiger partial charge < -0.3 is 5.11 Å². The van der Waals surface area contributed by atoms with Gasteiger partial charge in [0.05, 0.1) is 11.5 Å². The highest BCUT2D eigenvalue weighted by Gasteiger charge is 2.11. The smallest absolute Gasteiger partial charge is 0.412 e. The van der Waals surface area contributed by atoms with E-state index < -0.39 is 11.0 Å². The second-order valence-corrected chi connectivity index (χ2v) is 2.90. The third-order valence-corrected chi connectivity index (χ3v) is 1.81. The molecule has 0 heterocycles. The molecule has 0 saturated carbocycles. The van der Waals surface area contributed by atoms with Crippen molar-refractivity contribution < 1.29 is 14.8 Å². The summed E-state index contributed by atoms with van der Waals surface area (Å²) in [7, 11) is 0. The summed E-state index contributed by atoms with van der Waals surface area (Å²) in [6.07, 6.45) is 0.749. The van der Waals surface area contributed by atoms with E-state index in [0.29, 0.717) is 5.69 Å². The van der Waals surface area contributed by atoms with Crippen molar-refractivity contribution in [3.8, 4) is 0 Å². The van der Waals surface area contributed by atoms with Crippen molar-refractivity contribution in [1.29, 1.82) is 0 Å². The van der Waals surface area contributed by atoms with Crippen LogP contribution in [0.2, 0.25) is 0 Å². The number of anilines is 1. The predicted molar refractivity (Wildman–Crippen MR) is 57.9 cm³/mol. The zero-order valence-electron chi connectivity index (χ0n) is 8.31. The average molecular weight is 222 g/mol. The zero-order valence-corrected chi connectivity index (χ0v) is 8.31. The van der Waals surface area contributed by atoms with Gasteiger partial charge in [-0.1, -0.05) is 18.2 Å². The maximum Gasteiger partial charge on any atom is 0.412 e. The SMILES string of the molecule is O=C(O)N(CC=C[N+](=O)[O-])c1ccccc1. The number of amides is 1. The van der Waals surface area contributed by atoms with E-state index >= 15 is 0 Å². The van der Waals surface area contributed by atoms with E-state index in [1.807, 2.05) is 0 Å². The van der Waals surface area contributed by atoms with Crippen LogP contribution in [0.1, 0.15) is 0 Å². The van der Waals surface area contributed by atoms with E-state index in [2.05, 4.69) is 0 Å². The number of para-hydroxylation sites is 1. The van der Waals surface area contributed by atoms with Crippen molar-refractivity contribution in [1.82, 2.24) is 0 Å². The predicted octanol–water partition coefficient (Wildman–Crippen LogP) is 1.96. The summed E-state index contributed by atoms with van der Waals surface area (Å²) in [4.78, 5) is 21.3. The molecule has 0 saturated heterocycles. The molecular formula is C10H10N2O4. The summed E-state index contributed by atoms with van der Waals surface area (Å²) < 4.78 is 0. The fourth-order valence-corrected chi connectivity index (χ4v) is 1.14. The Kier molecular flexibility index (Phi) is 4.02. The molecule has 1 amide bonds. The summed E-state index contributed by atoms with van der Waals surface area (Å²) in [5, 5.41) is 19.0. The monoisotopic (exact) mass is 222 g/mol. The van der Waals surface area contributed by atoms with Crippen LogP contribution in [-0.2, 0) is 0 Å². The van der Waals surface area contributed by atoms with Gasteiger partial charge in [-0.25, -0.2) is 4.79 Å². The van der Waals surface area contributed by atoms with Gasteiger partial charge >= 0.3 is 6.09 Å². The highest BCUT2D eigenvalue weighted by atomic mass is 16.6. The number of carboxylic acid groups (broad SMARTS) is 1. The zero-order chi connectivity index (χ0) is 12.0. The van der Waals surface area contributed by atoms with Crippen LogP contribution >= 0.6 is 0 Å². The molecule has 1 aromatic rings. The van der Waals surface area contributed by atoms with Crippen LogP contribution in [0.15, 0.2) is 42.6 Å². The Labute approximate surface area is 91.6 Å². The molecular weight excluding hydrogens is 212 g/mol. The van der Waals surface area contributed by atoms with Crippen LogP contribution in [0.4, 0.5) is 10.5 Å². The van der Waals surface area contributed by atoms with Crippen LogP contribution in [0.5, 0.6) is 0 Å². The van der Waals surface area contributed by atoms with Gasteiger partial charge in [-0.3, -0.25) is 15.0 Å². The average Bonchev–Trinajstić information content (AvgIpc) is 2.25. The molecule has 0 aliphatic heterocycles. The third kappa shape index (κ3) is 3.41. The Hall–Kier alpha value is -2.37. The van der Waals surface area contributed by atoms with Gasteiger partial charge in [-0.05, 0) is 12.1 Å². The molecule has 0 spiro atoms. The molecule has 0 aliphatic rings. The largest absolute Gasteiger partial charge is 0.465 e. The topological polar surface area (TPSA) is 83.7 Å². The Morgan fingerprint density at radius 1 is 1.44 bits per heavy atom. The van der Waals surface area contributed by atoms with Crippen LogP contribution in [0.3, 0.4) is 0 Å². The lowest BCUT2D eigenvalue weighted by Crippen LogP contribution is -2.29. The molecule has 84 valence electrons. The van der Waals surface area contributed by atoms with Crippen LogP contribution in [0.25, 0.3) is 0 Å². The van der Waals surface area contributed by atoms with Gasteiger partial charge in [0, 0.05) is 11.8 Å². The minimum Gasteiger partial charge on any atom is -0.465 e. The summed E-state index contributed by atoms with van der Waals surface area (Å²) in [6, 6.07) is 8.39. The van der Waals surface area contributed by atoms with Crippen molar-refractivity contribution in [2.75, 3.05) is 11.4 Å². The number of hydrogen-bond donors (Lipinski definition) is 1. The molecule has 1 rings (SSSR count). The van der Waals surface area contributed by atoms with Crippen LogP contribution in [-0.4, -0.2) is 22.7 Å². The van der Waals surface area contributed by atoms with Gasteiger partial charge in [0.25, 0.3) is 0 Å². The molecule has 1 N–H and O–H groups in total. The lowest BCUT2D eigenvalue weighted by molar-refractivity contribution is -0.402. The molecule has 0 bridgehead atoms. The first-order valence-corrected chi connectivity index (χ1v) is 4.47. The Morgan fingerprint density at radius 2 is 2.06 bits per heavy atom. The number of benzene rings is 1. The van der Waals surface area contributed by atoms with Gasteiger partial charge in [-0.15, -0.1) is 0 Å². The highest BCUT2D eigenvalue weighted by molar-refractivity contribution is 5.86. The molecule has 0 radical (unpaired) electrons. The molecule has 1 aromatic carbocycles. The van der Waals surface area contributed by atoms with Gasteiger partial charge in [0.2, 0.25) is 6.20 Å². The molecule has 0 atom stereocenters. The van der Waals surface area contributed by atoms with Crippen molar-refractivity contribution in [3.05, 3.63) is 52.7 Å². The molecule has 6 nitrogen and oxygen atoms in total. The highest BCUT2D eigenvalue weighted by Crippen LogP contribution is 2.12. The molecule has 0 aromatic heterocycles. The number of hydrogen-bond acceptors (Lipinski definition) is 3. The lowest BCUT2D eigenvalue weighted by atomic mass is 10.3. The summed E-state index contributed by atoms with van der Waals surface area (Å²) in [5.74, 6) is 0. The molecule has 16 heavy (non-hydrogen) atoms. The third-order valence-electron chi connectivity index (χ3n) is 1.81. The Morgan fingerprint density at radius 3 is 2.56 bits per heavy atom. The second-order valence-electron chi connectivity index (χ2n) is 2.90. The molecule has 6 heteroatoms. The minimum atomic E-state index is -1.15. The van der Waals surface area contributed by atoms with Crippen molar-refractivity contribution in [3.63, 3.8) is 0 Å². The van der Waals surface area contributed by atoms with Crippen molar-refractivity contribution in [2.45, 2.75) is 0 Å². The van der Waals surface area contributed by atoms with Crippen LogP contribution < -0.4 is 4.90 Å². The lowest BCUT2D eigenvalue weighted by Gasteiger charge is -2.16. The second kappa shape index (κ2) is 5.50. The maximum absolute atomic E-state index is 10.9. The summed E-state index contributed by atoms with van der Waals surface area (Å²) >= 11 is 0.